The van der Waals surface area contributed by atoms with E-state index in [1.165, 1.54) is 25.7 Å². The van der Waals surface area contributed by atoms with Gasteiger partial charge < -0.3 is 20.7 Å². The molecule has 0 spiro atoms. The predicted molar refractivity (Wildman–Crippen MR) is 110 cm³/mol. The Bertz CT molecular complexity index is 760. The second-order valence-electron chi connectivity index (χ2n) is 7.65. The van der Waals surface area contributed by atoms with Gasteiger partial charge in [0.2, 0.25) is 5.95 Å². The van der Waals surface area contributed by atoms with Crippen LogP contribution in [0.25, 0.3) is 0 Å². The third kappa shape index (κ3) is 5.58. The molecule has 3 fully saturated rings. The number of carbonyl (C=O) groups excluding carboxylic acids is 1. The summed E-state index contributed by atoms with van der Waals surface area (Å²) >= 11 is 0. The maximum absolute atomic E-state index is 10.2. The van der Waals surface area contributed by atoms with Gasteiger partial charge >= 0.3 is 6.09 Å². The average molecular weight is 383 g/mol. The Hall–Kier alpha value is -2.83. The number of ether oxygens (including phenoxy) is 1. The van der Waals surface area contributed by atoms with Crippen molar-refractivity contribution in [3.63, 3.8) is 0 Å². The summed E-state index contributed by atoms with van der Waals surface area (Å²) in [6.07, 6.45) is 6.56. The van der Waals surface area contributed by atoms with Crippen LogP contribution >= 0.6 is 0 Å². The van der Waals surface area contributed by atoms with Crippen LogP contribution in [0.4, 0.5) is 16.6 Å². The van der Waals surface area contributed by atoms with Gasteiger partial charge in [-0.15, -0.1) is 0 Å². The summed E-state index contributed by atoms with van der Waals surface area (Å²) in [6, 6.07) is 11.9. The first-order valence-electron chi connectivity index (χ1n) is 9.74. The number of rotatable bonds is 5. The van der Waals surface area contributed by atoms with E-state index in [2.05, 4.69) is 20.0 Å². The summed E-state index contributed by atoms with van der Waals surface area (Å²) in [5.41, 5.74) is 5.72. The Morgan fingerprint density at radius 1 is 1.21 bits per heavy atom. The van der Waals surface area contributed by atoms with Gasteiger partial charge in [-0.05, 0) is 49.1 Å². The van der Waals surface area contributed by atoms with Crippen molar-refractivity contribution in [2.24, 2.45) is 17.6 Å². The molecule has 1 amide bonds. The summed E-state index contributed by atoms with van der Waals surface area (Å²) in [5.74, 6) is 3.63. The molecule has 2 aromatic rings. The van der Waals surface area contributed by atoms with Crippen molar-refractivity contribution in [3.05, 3.63) is 48.2 Å². The normalized spacial score (nSPS) is 22.1. The highest BCUT2D eigenvalue weighted by molar-refractivity contribution is 5.64. The first-order valence-corrected chi connectivity index (χ1v) is 9.74. The number of nitrogens with one attached hydrogen (secondary N) is 1. The third-order valence-electron chi connectivity index (χ3n) is 5.36. The van der Waals surface area contributed by atoms with Crippen molar-refractivity contribution in [2.45, 2.75) is 38.3 Å². The van der Waals surface area contributed by atoms with Crippen LogP contribution in [0.15, 0.2) is 42.6 Å². The fourth-order valence-electron chi connectivity index (χ4n) is 3.75. The summed E-state index contributed by atoms with van der Waals surface area (Å²) in [5, 5.41) is 3.51. The molecule has 1 aromatic heterocycles. The first kappa shape index (κ1) is 19.9. The van der Waals surface area contributed by atoms with Crippen LogP contribution in [-0.2, 0) is 11.3 Å². The van der Waals surface area contributed by atoms with Crippen molar-refractivity contribution >= 4 is 17.9 Å². The number of benzene rings is 1. The van der Waals surface area contributed by atoms with Gasteiger partial charge in [-0.25, -0.2) is 9.78 Å². The molecule has 1 heterocycles. The molecule has 7 heteroatoms. The number of hydrogen-bond donors (Lipinski definition) is 2. The van der Waals surface area contributed by atoms with E-state index in [1.54, 1.807) is 0 Å². The highest BCUT2D eigenvalue weighted by Crippen LogP contribution is 2.46. The molecule has 150 valence electrons. The van der Waals surface area contributed by atoms with E-state index in [-0.39, 0.29) is 6.61 Å². The Labute approximate surface area is 166 Å². The maximum Gasteiger partial charge on any atom is 0.404 e. The Morgan fingerprint density at radius 2 is 1.96 bits per heavy atom. The molecular formula is C21H29N5O2. The smallest absolute Gasteiger partial charge is 0.404 e. The summed E-state index contributed by atoms with van der Waals surface area (Å²) in [4.78, 5) is 21.0. The lowest BCUT2D eigenvalue weighted by Crippen LogP contribution is -2.44. The van der Waals surface area contributed by atoms with Crippen LogP contribution in [-0.4, -0.2) is 36.2 Å². The SMILES string of the molecule is CN(C)c1ccnc(NC2CCC3CC2C3)n1.NC(=O)OCc1ccccc1. The van der Waals surface area contributed by atoms with Gasteiger partial charge in [-0.2, -0.15) is 4.98 Å². The van der Waals surface area contributed by atoms with Gasteiger partial charge in [0, 0.05) is 26.3 Å². The standard InChI is InChI=1S/C13H20N4.C8H9NO2/c1-17(2)12-5-6-14-13(16-12)15-11-4-3-9-7-10(11)8-9;9-8(10)11-6-7-4-2-1-3-5-7/h5-6,9-11H,3-4,7-8H2,1-2H3,(H,14,15,16);1-5H,6H2,(H2,9,10). The number of fused-ring (bicyclic) bond motifs is 2. The topological polar surface area (TPSA) is 93.4 Å². The molecule has 3 aliphatic carbocycles. The van der Waals surface area contributed by atoms with Gasteiger partial charge in [0.25, 0.3) is 0 Å². The fraction of sp³-hybridized carbons (Fsp3) is 0.476. The molecule has 1 atom stereocenters. The molecular weight excluding hydrogens is 354 g/mol. The van der Waals surface area contributed by atoms with Crippen molar-refractivity contribution < 1.29 is 9.53 Å². The van der Waals surface area contributed by atoms with Crippen molar-refractivity contribution in [3.8, 4) is 0 Å². The average Bonchev–Trinajstić information content (AvgIpc) is 2.67. The van der Waals surface area contributed by atoms with Crippen LogP contribution in [0.1, 0.15) is 31.2 Å². The van der Waals surface area contributed by atoms with Crippen molar-refractivity contribution in [1.82, 2.24) is 9.97 Å². The van der Waals surface area contributed by atoms with Gasteiger partial charge in [0.05, 0.1) is 0 Å². The number of hydrogen-bond acceptors (Lipinski definition) is 6. The molecule has 3 N–H and O–H groups in total. The number of carbonyl (C=O) groups is 1. The highest BCUT2D eigenvalue weighted by atomic mass is 16.5. The molecule has 1 aromatic carbocycles. The van der Waals surface area contributed by atoms with Crippen LogP contribution in [0.5, 0.6) is 0 Å². The number of aromatic nitrogens is 2. The van der Waals surface area contributed by atoms with Crippen LogP contribution in [0.3, 0.4) is 0 Å². The largest absolute Gasteiger partial charge is 0.445 e. The lowest BCUT2D eigenvalue weighted by molar-refractivity contribution is 0.1000. The zero-order valence-electron chi connectivity index (χ0n) is 16.5. The highest BCUT2D eigenvalue weighted by Gasteiger charge is 2.40. The number of amides is 1. The van der Waals surface area contributed by atoms with E-state index in [9.17, 15) is 4.79 Å². The molecule has 0 saturated heterocycles. The summed E-state index contributed by atoms with van der Waals surface area (Å²) < 4.78 is 4.57. The lowest BCUT2D eigenvalue weighted by atomic mass is 9.63. The van der Waals surface area contributed by atoms with Crippen molar-refractivity contribution in [2.75, 3.05) is 24.3 Å². The zero-order valence-corrected chi connectivity index (χ0v) is 16.5. The maximum atomic E-state index is 10.2. The minimum atomic E-state index is -0.742. The molecule has 3 aliphatic rings. The third-order valence-corrected chi connectivity index (χ3v) is 5.36. The van der Waals surface area contributed by atoms with Crippen molar-refractivity contribution in [1.29, 1.82) is 0 Å². The van der Waals surface area contributed by atoms with Crippen LogP contribution in [0.2, 0.25) is 0 Å². The minimum Gasteiger partial charge on any atom is -0.445 e. The van der Waals surface area contributed by atoms with Gasteiger partial charge in [-0.3, -0.25) is 0 Å². The quantitative estimate of drug-likeness (QED) is 0.822. The second-order valence-corrected chi connectivity index (χ2v) is 7.65. The molecule has 28 heavy (non-hydrogen) atoms. The van der Waals surface area contributed by atoms with Gasteiger partial charge in [-0.1, -0.05) is 30.3 Å². The second kappa shape index (κ2) is 9.39. The Morgan fingerprint density at radius 3 is 2.57 bits per heavy atom. The number of nitrogens with zero attached hydrogens (tertiary/aromatic N) is 3. The lowest BCUT2D eigenvalue weighted by Gasteiger charge is -2.46. The van der Waals surface area contributed by atoms with E-state index in [4.69, 9.17) is 5.73 Å². The van der Waals surface area contributed by atoms with E-state index in [0.717, 1.165) is 29.2 Å². The molecule has 1 unspecified atom stereocenters. The number of primary amides is 1. The van der Waals surface area contributed by atoms with E-state index in [0.29, 0.717) is 6.04 Å². The van der Waals surface area contributed by atoms with Crippen LogP contribution in [0, 0.1) is 11.8 Å². The molecule has 7 nitrogen and oxygen atoms in total. The van der Waals surface area contributed by atoms with E-state index < -0.39 is 6.09 Å². The van der Waals surface area contributed by atoms with Gasteiger partial charge in [0.15, 0.2) is 0 Å². The Kier molecular flexibility index (Phi) is 6.68. The summed E-state index contributed by atoms with van der Waals surface area (Å²) in [6.45, 7) is 0.246. The Balaban J connectivity index is 0.000000178. The van der Waals surface area contributed by atoms with Crippen LogP contribution < -0.4 is 16.0 Å². The summed E-state index contributed by atoms with van der Waals surface area (Å²) in [7, 11) is 4.01. The first-order chi connectivity index (χ1) is 13.5. The monoisotopic (exact) mass is 383 g/mol. The molecule has 0 radical (unpaired) electrons. The minimum absolute atomic E-state index is 0.246. The van der Waals surface area contributed by atoms with Gasteiger partial charge in [0.1, 0.15) is 12.4 Å². The predicted octanol–water partition coefficient (Wildman–Crippen LogP) is 3.43. The number of anilines is 2. The van der Waals surface area contributed by atoms with E-state index in [1.807, 2.05) is 61.6 Å². The number of nitrogens with two attached hydrogens (primary N) is 1. The fourth-order valence-corrected chi connectivity index (χ4v) is 3.75. The molecule has 3 saturated carbocycles. The molecule has 0 aliphatic heterocycles. The molecule has 5 rings (SSSR count). The molecule has 2 bridgehead atoms. The zero-order chi connectivity index (χ0) is 19.9. The van der Waals surface area contributed by atoms with E-state index >= 15 is 0 Å².